The number of hydrogen-bond acceptors (Lipinski definition) is 3. The first-order valence-corrected chi connectivity index (χ1v) is 7.49. The highest BCUT2D eigenvalue weighted by molar-refractivity contribution is 5.81. The van der Waals surface area contributed by atoms with Crippen LogP contribution in [0.25, 0.3) is 0 Å². The fourth-order valence-electron chi connectivity index (χ4n) is 2.77. The van der Waals surface area contributed by atoms with Crippen molar-refractivity contribution < 1.29 is 14.3 Å². The third kappa shape index (κ3) is 4.43. The van der Waals surface area contributed by atoms with Gasteiger partial charge in [-0.1, -0.05) is 13.0 Å². The summed E-state index contributed by atoms with van der Waals surface area (Å²) in [6.07, 6.45) is 2.20. The van der Waals surface area contributed by atoms with Crippen LogP contribution in [0.2, 0.25) is 0 Å². The minimum Gasteiger partial charge on any atom is -0.395 e. The fourth-order valence-corrected chi connectivity index (χ4v) is 2.77. The topological polar surface area (TPSA) is 43.8 Å². The van der Waals surface area contributed by atoms with Crippen molar-refractivity contribution >= 4 is 11.6 Å². The van der Waals surface area contributed by atoms with Crippen LogP contribution in [0.3, 0.4) is 0 Å². The molecule has 1 aromatic carbocycles. The van der Waals surface area contributed by atoms with Gasteiger partial charge in [-0.2, -0.15) is 0 Å². The molecular formula is C16H23FN2O2. The second-order valence-electron chi connectivity index (χ2n) is 5.71. The molecule has 1 aromatic rings. The van der Waals surface area contributed by atoms with Crippen LogP contribution in [0, 0.1) is 11.7 Å². The zero-order valence-corrected chi connectivity index (χ0v) is 12.5. The number of aliphatic hydroxyl groups excluding tert-OH is 1. The van der Waals surface area contributed by atoms with Gasteiger partial charge in [0.25, 0.3) is 0 Å². The standard InChI is InChI=1S/C16H23FN2O2/c1-13-4-3-7-19(11-13)16(21)12-18(8-9-20)15-6-2-5-14(17)10-15/h2,5-6,10,13,20H,3-4,7-9,11-12H2,1H3/t13-/m1/s1. The third-order valence-corrected chi connectivity index (χ3v) is 3.88. The SMILES string of the molecule is C[C@@H]1CCCN(C(=O)CN(CCO)c2cccc(F)c2)C1. The Labute approximate surface area is 125 Å². The summed E-state index contributed by atoms with van der Waals surface area (Å²) in [6.45, 7) is 4.15. The van der Waals surface area contributed by atoms with E-state index in [0.717, 1.165) is 25.9 Å². The molecule has 0 aromatic heterocycles. The Morgan fingerprint density at radius 3 is 3.00 bits per heavy atom. The Morgan fingerprint density at radius 1 is 1.52 bits per heavy atom. The first-order valence-electron chi connectivity index (χ1n) is 7.49. The number of nitrogens with zero attached hydrogens (tertiary/aromatic N) is 2. The number of amides is 1. The first-order chi connectivity index (χ1) is 10.1. The van der Waals surface area contributed by atoms with E-state index >= 15 is 0 Å². The molecule has 5 heteroatoms. The van der Waals surface area contributed by atoms with E-state index in [-0.39, 0.29) is 24.9 Å². The molecule has 0 unspecified atom stereocenters. The molecule has 1 saturated heterocycles. The number of halogens is 1. The first kappa shape index (κ1) is 15.8. The molecule has 1 atom stereocenters. The Hall–Kier alpha value is -1.62. The molecule has 0 spiro atoms. The van der Waals surface area contributed by atoms with Crippen LogP contribution >= 0.6 is 0 Å². The highest BCUT2D eigenvalue weighted by atomic mass is 19.1. The van der Waals surface area contributed by atoms with Gasteiger partial charge in [-0.25, -0.2) is 4.39 Å². The summed E-state index contributed by atoms with van der Waals surface area (Å²) < 4.78 is 13.3. The molecule has 1 fully saturated rings. The van der Waals surface area contributed by atoms with Gasteiger partial charge >= 0.3 is 0 Å². The maximum atomic E-state index is 13.3. The second-order valence-corrected chi connectivity index (χ2v) is 5.71. The van der Waals surface area contributed by atoms with Crippen molar-refractivity contribution in [2.75, 3.05) is 37.7 Å². The number of likely N-dealkylation sites (tertiary alicyclic amines) is 1. The van der Waals surface area contributed by atoms with E-state index in [1.54, 1.807) is 17.0 Å². The number of benzene rings is 1. The predicted molar refractivity (Wildman–Crippen MR) is 80.7 cm³/mol. The number of piperidine rings is 1. The van der Waals surface area contributed by atoms with Gasteiger partial charge in [-0.05, 0) is 37.0 Å². The summed E-state index contributed by atoms with van der Waals surface area (Å²) in [5.41, 5.74) is 0.627. The van der Waals surface area contributed by atoms with Crippen molar-refractivity contribution in [1.82, 2.24) is 4.90 Å². The van der Waals surface area contributed by atoms with Crippen LogP contribution in [0.15, 0.2) is 24.3 Å². The van der Waals surface area contributed by atoms with Crippen molar-refractivity contribution in [2.45, 2.75) is 19.8 Å². The number of aliphatic hydroxyl groups is 1. The van der Waals surface area contributed by atoms with Crippen LogP contribution in [-0.2, 0) is 4.79 Å². The number of carbonyl (C=O) groups is 1. The van der Waals surface area contributed by atoms with E-state index in [4.69, 9.17) is 0 Å². The Balaban J connectivity index is 2.03. The van der Waals surface area contributed by atoms with Crippen LogP contribution in [0.1, 0.15) is 19.8 Å². The van der Waals surface area contributed by atoms with Gasteiger partial charge < -0.3 is 14.9 Å². The van der Waals surface area contributed by atoms with Crippen LogP contribution in [-0.4, -0.2) is 48.7 Å². The van der Waals surface area contributed by atoms with Gasteiger partial charge in [0.2, 0.25) is 5.91 Å². The van der Waals surface area contributed by atoms with Crippen LogP contribution in [0.4, 0.5) is 10.1 Å². The fraction of sp³-hybridized carbons (Fsp3) is 0.562. The zero-order chi connectivity index (χ0) is 15.2. The lowest BCUT2D eigenvalue weighted by atomic mass is 10.0. The highest BCUT2D eigenvalue weighted by Gasteiger charge is 2.22. The van der Waals surface area contributed by atoms with Gasteiger partial charge in [0.15, 0.2) is 0 Å². The van der Waals surface area contributed by atoms with Crippen LogP contribution in [0.5, 0.6) is 0 Å². The van der Waals surface area contributed by atoms with Crippen LogP contribution < -0.4 is 4.90 Å². The summed E-state index contributed by atoms with van der Waals surface area (Å²) in [6, 6.07) is 6.13. The molecule has 0 saturated carbocycles. The normalized spacial score (nSPS) is 18.6. The van der Waals surface area contributed by atoms with Gasteiger partial charge in [-0.3, -0.25) is 4.79 Å². The molecule has 1 amide bonds. The largest absolute Gasteiger partial charge is 0.395 e. The average molecular weight is 294 g/mol. The summed E-state index contributed by atoms with van der Waals surface area (Å²) in [5.74, 6) is 0.233. The quantitative estimate of drug-likeness (QED) is 0.902. The molecule has 116 valence electrons. The maximum Gasteiger partial charge on any atom is 0.242 e. The number of hydrogen-bond donors (Lipinski definition) is 1. The van der Waals surface area contributed by atoms with E-state index in [1.165, 1.54) is 12.1 Å². The van der Waals surface area contributed by atoms with Gasteiger partial charge in [0, 0.05) is 25.3 Å². The molecule has 0 bridgehead atoms. The summed E-state index contributed by atoms with van der Waals surface area (Å²) >= 11 is 0. The Bertz CT molecular complexity index is 481. The molecular weight excluding hydrogens is 271 g/mol. The molecule has 0 radical (unpaired) electrons. The van der Waals surface area contributed by atoms with Crippen molar-refractivity contribution in [3.05, 3.63) is 30.1 Å². The lowest BCUT2D eigenvalue weighted by Crippen LogP contribution is -2.45. The minimum absolute atomic E-state index is 0.0410. The van der Waals surface area contributed by atoms with Crippen molar-refractivity contribution in [1.29, 1.82) is 0 Å². The van der Waals surface area contributed by atoms with E-state index in [9.17, 15) is 14.3 Å². The summed E-state index contributed by atoms with van der Waals surface area (Å²) in [7, 11) is 0. The Morgan fingerprint density at radius 2 is 2.33 bits per heavy atom. The van der Waals surface area contributed by atoms with Gasteiger partial charge in [-0.15, -0.1) is 0 Å². The molecule has 1 N–H and O–H groups in total. The molecule has 0 aliphatic carbocycles. The molecule has 1 aliphatic heterocycles. The van der Waals surface area contributed by atoms with Gasteiger partial charge in [0.05, 0.1) is 13.2 Å². The highest BCUT2D eigenvalue weighted by Crippen LogP contribution is 2.18. The molecule has 1 aliphatic rings. The molecule has 4 nitrogen and oxygen atoms in total. The van der Waals surface area contributed by atoms with E-state index in [0.29, 0.717) is 18.2 Å². The lowest BCUT2D eigenvalue weighted by Gasteiger charge is -2.33. The summed E-state index contributed by atoms with van der Waals surface area (Å²) in [5, 5.41) is 9.17. The van der Waals surface area contributed by atoms with E-state index in [2.05, 4.69) is 6.92 Å². The maximum absolute atomic E-state index is 13.3. The molecule has 2 rings (SSSR count). The summed E-state index contributed by atoms with van der Waals surface area (Å²) in [4.78, 5) is 16.0. The number of carbonyl (C=O) groups excluding carboxylic acids is 1. The predicted octanol–water partition coefficient (Wildman–Crippen LogP) is 1.88. The van der Waals surface area contributed by atoms with Crippen molar-refractivity contribution in [2.24, 2.45) is 5.92 Å². The van der Waals surface area contributed by atoms with E-state index < -0.39 is 0 Å². The number of anilines is 1. The second kappa shape index (κ2) is 7.41. The average Bonchev–Trinajstić information content (AvgIpc) is 2.46. The van der Waals surface area contributed by atoms with Crippen molar-refractivity contribution in [3.63, 3.8) is 0 Å². The lowest BCUT2D eigenvalue weighted by molar-refractivity contribution is -0.131. The molecule has 1 heterocycles. The molecule has 21 heavy (non-hydrogen) atoms. The number of rotatable bonds is 5. The third-order valence-electron chi connectivity index (χ3n) is 3.88. The van der Waals surface area contributed by atoms with E-state index in [1.807, 2.05) is 4.90 Å². The Kier molecular flexibility index (Phi) is 5.56. The zero-order valence-electron chi connectivity index (χ0n) is 12.5. The van der Waals surface area contributed by atoms with Gasteiger partial charge in [0.1, 0.15) is 5.82 Å². The monoisotopic (exact) mass is 294 g/mol. The minimum atomic E-state index is -0.338. The smallest absolute Gasteiger partial charge is 0.242 e. The van der Waals surface area contributed by atoms with Crippen molar-refractivity contribution in [3.8, 4) is 0 Å².